The van der Waals surface area contributed by atoms with Crippen LogP contribution in [0.25, 0.3) is 0 Å². The highest BCUT2D eigenvalue weighted by molar-refractivity contribution is 5.88. The number of ketones is 1. The van der Waals surface area contributed by atoms with Crippen molar-refractivity contribution in [3.63, 3.8) is 0 Å². The third kappa shape index (κ3) is 3.08. The number of nitrogens with zero attached hydrogens (tertiary/aromatic N) is 1. The van der Waals surface area contributed by atoms with Gasteiger partial charge in [0.05, 0.1) is 0 Å². The minimum Gasteiger partial charge on any atom is -0.444 e. The molecule has 1 aliphatic heterocycles. The van der Waals surface area contributed by atoms with E-state index < -0.39 is 17.7 Å². The van der Waals surface area contributed by atoms with Gasteiger partial charge in [0.25, 0.3) is 0 Å². The number of rotatable bonds is 1. The summed E-state index contributed by atoms with van der Waals surface area (Å²) < 4.78 is 5.20. The first kappa shape index (κ1) is 11.8. The quantitative estimate of drug-likeness (QED) is 0.621. The summed E-state index contributed by atoms with van der Waals surface area (Å²) >= 11 is 0. The summed E-state index contributed by atoms with van der Waals surface area (Å²) in [6.45, 7) is 7.32. The molecule has 0 N–H and O–H groups in total. The highest BCUT2D eigenvalue weighted by Gasteiger charge is 2.31. The third-order valence-corrected chi connectivity index (χ3v) is 2.00. The van der Waals surface area contributed by atoms with Crippen LogP contribution >= 0.6 is 0 Å². The maximum atomic E-state index is 11.7. The van der Waals surface area contributed by atoms with Gasteiger partial charge >= 0.3 is 6.09 Å². The SMILES string of the molecule is CC(=O)C1C=CCN1C(=O)OC(C)(C)C. The van der Waals surface area contributed by atoms with Crippen molar-refractivity contribution in [1.82, 2.24) is 4.90 Å². The van der Waals surface area contributed by atoms with Crippen LogP contribution in [0, 0.1) is 0 Å². The van der Waals surface area contributed by atoms with Crippen LogP contribution in [0.1, 0.15) is 27.7 Å². The molecule has 0 saturated heterocycles. The molecule has 0 bridgehead atoms. The minimum absolute atomic E-state index is 0.0467. The van der Waals surface area contributed by atoms with Gasteiger partial charge in [-0.1, -0.05) is 12.2 Å². The highest BCUT2D eigenvalue weighted by atomic mass is 16.6. The molecule has 0 spiro atoms. The first-order chi connectivity index (χ1) is 6.81. The van der Waals surface area contributed by atoms with Gasteiger partial charge in [-0.3, -0.25) is 9.69 Å². The van der Waals surface area contributed by atoms with Crippen molar-refractivity contribution in [3.05, 3.63) is 12.2 Å². The Morgan fingerprint density at radius 3 is 2.47 bits per heavy atom. The second-order valence-electron chi connectivity index (χ2n) is 4.62. The lowest BCUT2D eigenvalue weighted by Crippen LogP contribution is -2.43. The Hall–Kier alpha value is -1.32. The fourth-order valence-corrected chi connectivity index (χ4v) is 1.38. The first-order valence-electron chi connectivity index (χ1n) is 4.98. The van der Waals surface area contributed by atoms with Gasteiger partial charge in [-0.2, -0.15) is 0 Å². The zero-order chi connectivity index (χ0) is 11.6. The summed E-state index contributed by atoms with van der Waals surface area (Å²) in [5.41, 5.74) is -0.527. The Morgan fingerprint density at radius 1 is 1.40 bits per heavy atom. The molecular weight excluding hydrogens is 194 g/mol. The Bertz CT molecular complexity index is 301. The van der Waals surface area contributed by atoms with Crippen molar-refractivity contribution in [1.29, 1.82) is 0 Å². The van der Waals surface area contributed by atoms with Crippen LogP contribution in [0.5, 0.6) is 0 Å². The van der Waals surface area contributed by atoms with E-state index >= 15 is 0 Å². The number of ether oxygens (including phenoxy) is 1. The molecule has 0 fully saturated rings. The number of carbonyl (C=O) groups excluding carboxylic acids is 2. The molecule has 0 radical (unpaired) electrons. The molecule has 1 amide bonds. The largest absolute Gasteiger partial charge is 0.444 e. The van der Waals surface area contributed by atoms with Crippen LogP contribution in [-0.2, 0) is 9.53 Å². The molecule has 1 atom stereocenters. The first-order valence-corrected chi connectivity index (χ1v) is 4.98. The van der Waals surface area contributed by atoms with Crippen molar-refractivity contribution in [2.24, 2.45) is 0 Å². The van der Waals surface area contributed by atoms with Crippen molar-refractivity contribution >= 4 is 11.9 Å². The van der Waals surface area contributed by atoms with E-state index in [0.29, 0.717) is 6.54 Å². The van der Waals surface area contributed by atoms with Crippen molar-refractivity contribution in [2.75, 3.05) is 6.54 Å². The summed E-state index contributed by atoms with van der Waals surface area (Å²) in [4.78, 5) is 24.3. The molecule has 84 valence electrons. The molecule has 4 nitrogen and oxygen atoms in total. The van der Waals surface area contributed by atoms with Gasteiger partial charge in [0.15, 0.2) is 5.78 Å². The zero-order valence-corrected chi connectivity index (χ0v) is 9.61. The van der Waals surface area contributed by atoms with E-state index in [-0.39, 0.29) is 5.78 Å². The van der Waals surface area contributed by atoms with E-state index in [4.69, 9.17) is 4.74 Å². The maximum absolute atomic E-state index is 11.7. The number of carbonyl (C=O) groups is 2. The van der Waals surface area contributed by atoms with Gasteiger partial charge in [-0.15, -0.1) is 0 Å². The Balaban J connectivity index is 2.65. The Kier molecular flexibility index (Phi) is 3.17. The summed E-state index contributed by atoms with van der Waals surface area (Å²) in [6.07, 6.45) is 3.09. The average Bonchev–Trinajstić information content (AvgIpc) is 2.47. The lowest BCUT2D eigenvalue weighted by atomic mass is 10.2. The normalized spacial score (nSPS) is 20.5. The van der Waals surface area contributed by atoms with Crippen LogP contribution < -0.4 is 0 Å². The van der Waals surface area contributed by atoms with Crippen LogP contribution in [0.3, 0.4) is 0 Å². The van der Waals surface area contributed by atoms with Crippen LogP contribution in [0.4, 0.5) is 4.79 Å². The molecule has 1 unspecified atom stereocenters. The number of Topliss-reactive ketones (excluding diaryl/α,β-unsaturated/α-hetero) is 1. The smallest absolute Gasteiger partial charge is 0.411 e. The molecule has 0 aromatic rings. The maximum Gasteiger partial charge on any atom is 0.411 e. The van der Waals surface area contributed by atoms with E-state index in [1.54, 1.807) is 32.9 Å². The second kappa shape index (κ2) is 4.04. The predicted molar refractivity (Wildman–Crippen MR) is 56.5 cm³/mol. The summed E-state index contributed by atoms with van der Waals surface area (Å²) in [5, 5.41) is 0. The topological polar surface area (TPSA) is 46.6 Å². The van der Waals surface area contributed by atoms with E-state index in [1.807, 2.05) is 0 Å². The molecule has 0 aliphatic carbocycles. The third-order valence-electron chi connectivity index (χ3n) is 2.00. The van der Waals surface area contributed by atoms with Crippen molar-refractivity contribution in [3.8, 4) is 0 Å². The fraction of sp³-hybridized carbons (Fsp3) is 0.636. The summed E-state index contributed by atoms with van der Waals surface area (Å²) in [5.74, 6) is -0.0467. The van der Waals surface area contributed by atoms with Gasteiger partial charge < -0.3 is 4.74 Å². The van der Waals surface area contributed by atoms with Crippen molar-refractivity contribution in [2.45, 2.75) is 39.3 Å². The molecule has 1 rings (SSSR count). The zero-order valence-electron chi connectivity index (χ0n) is 9.61. The summed E-state index contributed by atoms with van der Waals surface area (Å²) in [6, 6.07) is -0.458. The number of hydrogen-bond acceptors (Lipinski definition) is 3. The van der Waals surface area contributed by atoms with E-state index in [9.17, 15) is 9.59 Å². The van der Waals surface area contributed by atoms with Crippen molar-refractivity contribution < 1.29 is 14.3 Å². The monoisotopic (exact) mass is 211 g/mol. The molecule has 1 aliphatic rings. The van der Waals surface area contributed by atoms with Gasteiger partial charge in [0.1, 0.15) is 11.6 Å². The Labute approximate surface area is 89.9 Å². The Morgan fingerprint density at radius 2 is 2.00 bits per heavy atom. The average molecular weight is 211 g/mol. The van der Waals surface area contributed by atoms with E-state index in [2.05, 4.69) is 0 Å². The fourth-order valence-electron chi connectivity index (χ4n) is 1.38. The lowest BCUT2D eigenvalue weighted by Gasteiger charge is -2.27. The summed E-state index contributed by atoms with van der Waals surface area (Å²) in [7, 11) is 0. The minimum atomic E-state index is -0.527. The van der Waals surface area contributed by atoms with E-state index in [1.165, 1.54) is 11.8 Å². The van der Waals surface area contributed by atoms with Gasteiger partial charge in [-0.25, -0.2) is 4.79 Å². The molecule has 1 heterocycles. The molecule has 0 aromatic carbocycles. The van der Waals surface area contributed by atoms with Crippen LogP contribution in [-0.4, -0.2) is 35.0 Å². The van der Waals surface area contributed by atoms with E-state index in [0.717, 1.165) is 0 Å². The second-order valence-corrected chi connectivity index (χ2v) is 4.62. The lowest BCUT2D eigenvalue weighted by molar-refractivity contribution is -0.120. The van der Waals surface area contributed by atoms with Crippen LogP contribution in [0.15, 0.2) is 12.2 Å². The molecule has 15 heavy (non-hydrogen) atoms. The van der Waals surface area contributed by atoms with Gasteiger partial charge in [0.2, 0.25) is 0 Å². The highest BCUT2D eigenvalue weighted by Crippen LogP contribution is 2.16. The van der Waals surface area contributed by atoms with Gasteiger partial charge in [-0.05, 0) is 27.7 Å². The van der Waals surface area contributed by atoms with Crippen LogP contribution in [0.2, 0.25) is 0 Å². The molecule has 0 saturated carbocycles. The molecule has 0 aromatic heterocycles. The standard InChI is InChI=1S/C11H17NO3/c1-8(13)9-6-5-7-12(9)10(14)15-11(2,3)4/h5-6,9H,7H2,1-4H3. The molecular formula is C11H17NO3. The van der Waals surface area contributed by atoms with Gasteiger partial charge in [0, 0.05) is 6.54 Å². The molecule has 4 heteroatoms. The number of hydrogen-bond donors (Lipinski definition) is 0. The predicted octanol–water partition coefficient (Wildman–Crippen LogP) is 1.75. The number of amides is 1.